The Bertz CT molecular complexity index is 804. The quantitative estimate of drug-likeness (QED) is 0.878. The molecule has 0 saturated carbocycles. The molecule has 0 aliphatic carbocycles. The van der Waals surface area contributed by atoms with Crippen LogP contribution in [0.25, 0.3) is 11.4 Å². The number of rotatable bonds is 5. The van der Waals surface area contributed by atoms with E-state index in [9.17, 15) is 4.79 Å². The van der Waals surface area contributed by atoms with Gasteiger partial charge in [-0.2, -0.15) is 0 Å². The van der Waals surface area contributed by atoms with Gasteiger partial charge in [0.15, 0.2) is 0 Å². The van der Waals surface area contributed by atoms with E-state index in [-0.39, 0.29) is 11.7 Å². The molecule has 0 spiro atoms. The third-order valence-corrected chi connectivity index (χ3v) is 5.57. The highest BCUT2D eigenvalue weighted by molar-refractivity contribution is 5.55. The first-order valence-electron chi connectivity index (χ1n) is 9.98. The number of ether oxygens (including phenoxy) is 1. The molecule has 27 heavy (non-hydrogen) atoms. The summed E-state index contributed by atoms with van der Waals surface area (Å²) in [6.07, 6.45) is 1.91. The molecule has 1 unspecified atom stereocenters. The summed E-state index contributed by atoms with van der Waals surface area (Å²) in [6.45, 7) is 9.61. The van der Waals surface area contributed by atoms with Gasteiger partial charge in [-0.1, -0.05) is 31.2 Å². The lowest BCUT2D eigenvalue weighted by Gasteiger charge is -2.34. The van der Waals surface area contributed by atoms with Crippen molar-refractivity contribution in [2.24, 2.45) is 0 Å². The van der Waals surface area contributed by atoms with Gasteiger partial charge in [-0.05, 0) is 24.9 Å². The van der Waals surface area contributed by atoms with Gasteiger partial charge >= 0.3 is 0 Å². The minimum atomic E-state index is -0.122. The second-order valence-electron chi connectivity index (χ2n) is 7.43. The standard InChI is InChI=1S/C21H28N4O2/c1-2-24-9-11-25(12-10-24)15-16-5-7-17(8-6-16)21-22-18(14-20(26)23-21)19-4-3-13-27-19/h5-8,14,19H,2-4,9-13,15H2,1H3,(H,22,23,26). The molecular weight excluding hydrogens is 340 g/mol. The Labute approximate surface area is 160 Å². The molecule has 0 bridgehead atoms. The molecule has 144 valence electrons. The van der Waals surface area contributed by atoms with Crippen LogP contribution in [0.4, 0.5) is 0 Å². The minimum absolute atomic E-state index is 0.0490. The van der Waals surface area contributed by atoms with Gasteiger partial charge < -0.3 is 14.6 Å². The number of hydrogen-bond acceptors (Lipinski definition) is 5. The molecule has 1 aromatic carbocycles. The van der Waals surface area contributed by atoms with Crippen molar-refractivity contribution in [1.29, 1.82) is 0 Å². The fraction of sp³-hybridized carbons (Fsp3) is 0.524. The van der Waals surface area contributed by atoms with E-state index >= 15 is 0 Å². The van der Waals surface area contributed by atoms with E-state index in [4.69, 9.17) is 4.74 Å². The Morgan fingerprint density at radius 1 is 1.15 bits per heavy atom. The van der Waals surface area contributed by atoms with Crippen molar-refractivity contribution in [3.63, 3.8) is 0 Å². The average Bonchev–Trinajstić information content (AvgIpc) is 3.24. The second-order valence-corrected chi connectivity index (χ2v) is 7.43. The first-order valence-corrected chi connectivity index (χ1v) is 9.98. The number of H-pyrrole nitrogens is 1. The van der Waals surface area contributed by atoms with Crippen LogP contribution < -0.4 is 5.56 Å². The van der Waals surface area contributed by atoms with Gasteiger partial charge in [-0.3, -0.25) is 9.69 Å². The molecule has 0 amide bonds. The summed E-state index contributed by atoms with van der Waals surface area (Å²) in [5, 5.41) is 0. The normalized spacial score (nSPS) is 21.6. The molecule has 1 atom stereocenters. The lowest BCUT2D eigenvalue weighted by Crippen LogP contribution is -2.45. The fourth-order valence-corrected chi connectivity index (χ4v) is 3.88. The highest BCUT2D eigenvalue weighted by atomic mass is 16.5. The third kappa shape index (κ3) is 4.46. The average molecular weight is 368 g/mol. The molecule has 6 heteroatoms. The Morgan fingerprint density at radius 3 is 2.56 bits per heavy atom. The predicted octanol–water partition coefficient (Wildman–Crippen LogP) is 2.43. The van der Waals surface area contributed by atoms with Crippen LogP contribution in [-0.4, -0.2) is 59.1 Å². The van der Waals surface area contributed by atoms with E-state index in [0.29, 0.717) is 5.82 Å². The number of nitrogens with one attached hydrogen (secondary N) is 1. The SMILES string of the molecule is CCN1CCN(Cc2ccc(-c3nc(C4CCCO4)cc(=O)[nH]3)cc2)CC1. The van der Waals surface area contributed by atoms with Crippen LogP contribution in [0.3, 0.4) is 0 Å². The number of piperazine rings is 1. The van der Waals surface area contributed by atoms with Gasteiger partial charge in [0.2, 0.25) is 0 Å². The molecule has 1 N–H and O–H groups in total. The van der Waals surface area contributed by atoms with Gasteiger partial charge in [0, 0.05) is 51.0 Å². The summed E-state index contributed by atoms with van der Waals surface area (Å²) in [5.41, 5.74) is 2.85. The van der Waals surface area contributed by atoms with E-state index in [2.05, 4.69) is 51.0 Å². The monoisotopic (exact) mass is 368 g/mol. The van der Waals surface area contributed by atoms with E-state index in [1.54, 1.807) is 6.07 Å². The van der Waals surface area contributed by atoms with Crippen LogP contribution in [0.2, 0.25) is 0 Å². The Kier molecular flexibility index (Phi) is 5.66. The zero-order chi connectivity index (χ0) is 18.6. The molecule has 4 rings (SSSR count). The topological polar surface area (TPSA) is 61.5 Å². The van der Waals surface area contributed by atoms with Crippen LogP contribution in [0.5, 0.6) is 0 Å². The van der Waals surface area contributed by atoms with Crippen molar-refractivity contribution in [3.8, 4) is 11.4 Å². The molecule has 2 aromatic rings. The summed E-state index contributed by atoms with van der Waals surface area (Å²) >= 11 is 0. The lowest BCUT2D eigenvalue weighted by atomic mass is 10.1. The molecule has 2 aliphatic rings. The zero-order valence-electron chi connectivity index (χ0n) is 16.0. The Balaban J connectivity index is 1.45. The smallest absolute Gasteiger partial charge is 0.251 e. The molecule has 2 saturated heterocycles. The molecule has 6 nitrogen and oxygen atoms in total. The van der Waals surface area contributed by atoms with Crippen molar-refractivity contribution in [3.05, 3.63) is 51.9 Å². The lowest BCUT2D eigenvalue weighted by molar-refractivity contribution is 0.108. The summed E-state index contributed by atoms with van der Waals surface area (Å²) in [5.74, 6) is 0.621. The van der Waals surface area contributed by atoms with E-state index in [1.807, 2.05) is 0 Å². The summed E-state index contributed by atoms with van der Waals surface area (Å²) in [7, 11) is 0. The first kappa shape index (κ1) is 18.3. The van der Waals surface area contributed by atoms with Crippen molar-refractivity contribution in [2.75, 3.05) is 39.3 Å². The Hall–Kier alpha value is -2.02. The first-order chi connectivity index (χ1) is 13.2. The number of aromatic nitrogens is 2. The van der Waals surface area contributed by atoms with Gasteiger partial charge in [-0.25, -0.2) is 4.98 Å². The molecule has 0 radical (unpaired) electrons. The van der Waals surface area contributed by atoms with Crippen molar-refractivity contribution >= 4 is 0 Å². The van der Waals surface area contributed by atoms with Crippen molar-refractivity contribution < 1.29 is 4.74 Å². The maximum atomic E-state index is 12.1. The van der Waals surface area contributed by atoms with E-state index in [0.717, 1.165) is 70.0 Å². The number of hydrogen-bond donors (Lipinski definition) is 1. The van der Waals surface area contributed by atoms with Crippen molar-refractivity contribution in [2.45, 2.75) is 32.4 Å². The van der Waals surface area contributed by atoms with Gasteiger partial charge in [0.1, 0.15) is 5.82 Å². The number of nitrogens with zero attached hydrogens (tertiary/aromatic N) is 3. The van der Waals surface area contributed by atoms with Gasteiger partial charge in [0.25, 0.3) is 5.56 Å². The maximum absolute atomic E-state index is 12.1. The molecule has 2 aliphatic heterocycles. The molecular formula is C21H28N4O2. The highest BCUT2D eigenvalue weighted by Gasteiger charge is 2.20. The van der Waals surface area contributed by atoms with E-state index < -0.39 is 0 Å². The summed E-state index contributed by atoms with van der Waals surface area (Å²) in [6, 6.07) is 9.94. The maximum Gasteiger partial charge on any atom is 0.251 e. The third-order valence-electron chi connectivity index (χ3n) is 5.57. The predicted molar refractivity (Wildman–Crippen MR) is 106 cm³/mol. The Morgan fingerprint density at radius 2 is 1.89 bits per heavy atom. The van der Waals surface area contributed by atoms with Crippen molar-refractivity contribution in [1.82, 2.24) is 19.8 Å². The van der Waals surface area contributed by atoms with Crippen LogP contribution in [-0.2, 0) is 11.3 Å². The van der Waals surface area contributed by atoms with Gasteiger partial charge in [-0.15, -0.1) is 0 Å². The molecule has 1 aromatic heterocycles. The van der Waals surface area contributed by atoms with Crippen LogP contribution >= 0.6 is 0 Å². The van der Waals surface area contributed by atoms with E-state index in [1.165, 1.54) is 5.56 Å². The second kappa shape index (κ2) is 8.33. The highest BCUT2D eigenvalue weighted by Crippen LogP contribution is 2.27. The number of aromatic amines is 1. The number of benzene rings is 1. The largest absolute Gasteiger partial charge is 0.372 e. The fourth-order valence-electron chi connectivity index (χ4n) is 3.88. The zero-order valence-corrected chi connectivity index (χ0v) is 16.0. The van der Waals surface area contributed by atoms with Crippen LogP contribution in [0.1, 0.15) is 37.1 Å². The van der Waals surface area contributed by atoms with Crippen LogP contribution in [0, 0.1) is 0 Å². The minimum Gasteiger partial charge on any atom is -0.372 e. The van der Waals surface area contributed by atoms with Gasteiger partial charge in [0.05, 0.1) is 11.8 Å². The van der Waals surface area contributed by atoms with Crippen LogP contribution in [0.15, 0.2) is 35.1 Å². The number of likely N-dealkylation sites (N-methyl/N-ethyl adjacent to an activating group) is 1. The molecule has 2 fully saturated rings. The summed E-state index contributed by atoms with van der Waals surface area (Å²) < 4.78 is 5.68. The molecule has 3 heterocycles. The summed E-state index contributed by atoms with van der Waals surface area (Å²) in [4.78, 5) is 24.6.